The SMILES string of the molecule is CS(=O)(=O)O.Cc1ccc(S(=O)(=O)O)c(O)c1. The Kier molecular flexibility index (Phi) is 5.08. The van der Waals surface area contributed by atoms with Crippen LogP contribution in [0.2, 0.25) is 0 Å². The van der Waals surface area contributed by atoms with Crippen molar-refractivity contribution in [3.05, 3.63) is 23.8 Å². The lowest BCUT2D eigenvalue weighted by molar-refractivity contribution is 0.443. The van der Waals surface area contributed by atoms with E-state index in [0.29, 0.717) is 6.26 Å². The largest absolute Gasteiger partial charge is 0.506 e. The van der Waals surface area contributed by atoms with Crippen LogP contribution >= 0.6 is 0 Å². The van der Waals surface area contributed by atoms with E-state index in [1.165, 1.54) is 12.1 Å². The minimum Gasteiger partial charge on any atom is -0.506 e. The molecule has 0 bridgehead atoms. The number of phenols is 1. The van der Waals surface area contributed by atoms with E-state index in [1.54, 1.807) is 6.92 Å². The highest BCUT2D eigenvalue weighted by Crippen LogP contribution is 2.22. The molecule has 0 aliphatic carbocycles. The third-order valence-electron chi connectivity index (χ3n) is 1.39. The number of hydrogen-bond acceptors (Lipinski definition) is 5. The van der Waals surface area contributed by atoms with E-state index in [-0.39, 0.29) is 0 Å². The maximum absolute atomic E-state index is 10.6. The second kappa shape index (κ2) is 5.45. The van der Waals surface area contributed by atoms with Gasteiger partial charge in [-0.3, -0.25) is 9.11 Å². The quantitative estimate of drug-likeness (QED) is 0.638. The van der Waals surface area contributed by atoms with Crippen LogP contribution in [-0.4, -0.2) is 37.3 Å². The lowest BCUT2D eigenvalue weighted by Gasteiger charge is -2.00. The molecule has 9 heteroatoms. The van der Waals surface area contributed by atoms with Crippen molar-refractivity contribution in [1.29, 1.82) is 0 Å². The molecule has 0 heterocycles. The Balaban J connectivity index is 0.000000437. The maximum Gasteiger partial charge on any atom is 0.298 e. The minimum atomic E-state index is -4.30. The average Bonchev–Trinajstić information content (AvgIpc) is 1.96. The van der Waals surface area contributed by atoms with Crippen molar-refractivity contribution in [3.8, 4) is 5.75 Å². The Morgan fingerprint density at radius 3 is 1.76 bits per heavy atom. The topological polar surface area (TPSA) is 129 Å². The summed E-state index contributed by atoms with van der Waals surface area (Å²) in [4.78, 5) is -0.465. The van der Waals surface area contributed by atoms with Gasteiger partial charge in [0.25, 0.3) is 20.2 Å². The maximum atomic E-state index is 10.6. The van der Waals surface area contributed by atoms with Crippen LogP contribution in [0.4, 0.5) is 0 Å². The number of aromatic hydroxyl groups is 1. The monoisotopic (exact) mass is 284 g/mol. The van der Waals surface area contributed by atoms with Crippen molar-refractivity contribution in [2.75, 3.05) is 6.26 Å². The van der Waals surface area contributed by atoms with Crippen LogP contribution in [0.5, 0.6) is 5.75 Å². The molecule has 0 unspecified atom stereocenters. The van der Waals surface area contributed by atoms with Crippen LogP contribution in [0.3, 0.4) is 0 Å². The standard InChI is InChI=1S/C7H8O4S.CH4O3S/c1-5-2-3-7(6(8)4-5)12(9,10)11;1-5(2,3)4/h2-4,8H,1H3,(H,9,10,11);1H3,(H,2,3,4). The van der Waals surface area contributed by atoms with Gasteiger partial charge in [0.1, 0.15) is 10.6 Å². The summed E-state index contributed by atoms with van der Waals surface area (Å²) >= 11 is 0. The summed E-state index contributed by atoms with van der Waals surface area (Å²) in [6, 6.07) is 3.91. The fourth-order valence-electron chi connectivity index (χ4n) is 0.846. The zero-order valence-corrected chi connectivity index (χ0v) is 10.7. The fraction of sp³-hybridized carbons (Fsp3) is 0.250. The third-order valence-corrected chi connectivity index (χ3v) is 2.29. The number of rotatable bonds is 1. The predicted molar refractivity (Wildman–Crippen MR) is 60.1 cm³/mol. The Morgan fingerprint density at radius 2 is 1.47 bits per heavy atom. The molecule has 1 aromatic carbocycles. The Labute approximate surface area is 99.2 Å². The van der Waals surface area contributed by atoms with Gasteiger partial charge in [0.05, 0.1) is 6.26 Å². The molecule has 17 heavy (non-hydrogen) atoms. The summed E-state index contributed by atoms with van der Waals surface area (Å²) in [5.74, 6) is -0.433. The zero-order valence-electron chi connectivity index (χ0n) is 9.02. The van der Waals surface area contributed by atoms with Crippen molar-refractivity contribution in [2.45, 2.75) is 11.8 Å². The van der Waals surface area contributed by atoms with Crippen molar-refractivity contribution in [3.63, 3.8) is 0 Å². The van der Waals surface area contributed by atoms with E-state index >= 15 is 0 Å². The first-order valence-electron chi connectivity index (χ1n) is 4.11. The second-order valence-electron chi connectivity index (χ2n) is 3.18. The van der Waals surface area contributed by atoms with E-state index in [4.69, 9.17) is 14.2 Å². The van der Waals surface area contributed by atoms with Gasteiger partial charge in [-0.15, -0.1) is 0 Å². The van der Waals surface area contributed by atoms with Crippen molar-refractivity contribution < 1.29 is 31.0 Å². The van der Waals surface area contributed by atoms with Gasteiger partial charge in [0, 0.05) is 0 Å². The van der Waals surface area contributed by atoms with Crippen LogP contribution in [0, 0.1) is 6.92 Å². The molecule has 0 atom stereocenters. The summed E-state index contributed by atoms with van der Waals surface area (Å²) in [5.41, 5.74) is 0.722. The predicted octanol–water partition coefficient (Wildman–Crippen LogP) is 0.451. The van der Waals surface area contributed by atoms with Crippen molar-refractivity contribution >= 4 is 20.2 Å². The molecule has 3 N–H and O–H groups in total. The normalized spacial score (nSPS) is 11.5. The van der Waals surface area contributed by atoms with Crippen LogP contribution in [0.15, 0.2) is 23.1 Å². The van der Waals surface area contributed by atoms with Crippen LogP contribution < -0.4 is 0 Å². The molecule has 0 saturated heterocycles. The smallest absolute Gasteiger partial charge is 0.298 e. The molecule has 7 nitrogen and oxygen atoms in total. The molecule has 0 spiro atoms. The number of phenolic OH excluding ortho intramolecular Hbond substituents is 1. The molecule has 1 aromatic rings. The summed E-state index contributed by atoms with van der Waals surface area (Å²) in [6.45, 7) is 1.70. The fourth-order valence-corrected chi connectivity index (χ4v) is 1.41. The molecule has 0 amide bonds. The van der Waals surface area contributed by atoms with Crippen molar-refractivity contribution in [2.24, 2.45) is 0 Å². The minimum absolute atomic E-state index is 0.433. The molecule has 0 aromatic heterocycles. The number of aryl methyl sites for hydroxylation is 1. The Hall–Kier alpha value is -1.16. The molecule has 0 aliphatic heterocycles. The van der Waals surface area contributed by atoms with Gasteiger partial charge < -0.3 is 5.11 Å². The van der Waals surface area contributed by atoms with E-state index in [2.05, 4.69) is 0 Å². The third kappa shape index (κ3) is 7.69. The van der Waals surface area contributed by atoms with E-state index in [1.807, 2.05) is 0 Å². The second-order valence-corrected chi connectivity index (χ2v) is 6.04. The van der Waals surface area contributed by atoms with E-state index in [0.717, 1.165) is 11.6 Å². The number of hydrogen-bond donors (Lipinski definition) is 3. The molecule has 0 saturated carbocycles. The summed E-state index contributed by atoms with van der Waals surface area (Å²) < 4.78 is 55.6. The highest BCUT2D eigenvalue weighted by atomic mass is 32.2. The van der Waals surface area contributed by atoms with Gasteiger partial charge in [-0.1, -0.05) is 6.07 Å². The Bertz CT molecular complexity index is 578. The van der Waals surface area contributed by atoms with E-state index < -0.39 is 30.9 Å². The van der Waals surface area contributed by atoms with Crippen molar-refractivity contribution in [1.82, 2.24) is 0 Å². The van der Waals surface area contributed by atoms with Gasteiger partial charge in [0.15, 0.2) is 0 Å². The first-order valence-corrected chi connectivity index (χ1v) is 7.39. The van der Waals surface area contributed by atoms with Gasteiger partial charge in [0.2, 0.25) is 0 Å². The molecule has 1 rings (SSSR count). The van der Waals surface area contributed by atoms with Crippen LogP contribution in [0.25, 0.3) is 0 Å². The summed E-state index contributed by atoms with van der Waals surface area (Å²) in [5, 5.41) is 9.09. The highest BCUT2D eigenvalue weighted by molar-refractivity contribution is 7.86. The number of benzene rings is 1. The van der Waals surface area contributed by atoms with Crippen LogP contribution in [-0.2, 0) is 20.2 Å². The average molecular weight is 284 g/mol. The van der Waals surface area contributed by atoms with Gasteiger partial charge in [-0.05, 0) is 24.6 Å². The highest BCUT2D eigenvalue weighted by Gasteiger charge is 2.14. The molecular formula is C8H12O7S2. The molecular weight excluding hydrogens is 272 g/mol. The van der Waals surface area contributed by atoms with Crippen LogP contribution in [0.1, 0.15) is 5.56 Å². The molecule has 0 aliphatic rings. The Morgan fingerprint density at radius 1 is 1.06 bits per heavy atom. The van der Waals surface area contributed by atoms with E-state index in [9.17, 15) is 16.8 Å². The molecule has 0 radical (unpaired) electrons. The lowest BCUT2D eigenvalue weighted by atomic mass is 10.2. The first-order chi connectivity index (χ1) is 7.41. The lowest BCUT2D eigenvalue weighted by Crippen LogP contribution is -1.98. The summed E-state index contributed by atoms with van der Waals surface area (Å²) in [6.07, 6.45) is 0.715. The summed E-state index contributed by atoms with van der Waals surface area (Å²) in [7, 11) is -7.97. The first kappa shape index (κ1) is 15.8. The zero-order chi connectivity index (χ0) is 13.9. The molecule has 0 fully saturated rings. The van der Waals surface area contributed by atoms with Gasteiger partial charge in [-0.2, -0.15) is 16.8 Å². The molecule has 98 valence electrons. The van der Waals surface area contributed by atoms with Gasteiger partial charge in [-0.25, -0.2) is 0 Å². The van der Waals surface area contributed by atoms with Gasteiger partial charge >= 0.3 is 0 Å².